The Morgan fingerprint density at radius 1 is 1.17 bits per heavy atom. The molecule has 0 aromatic carbocycles. The highest BCUT2D eigenvalue weighted by molar-refractivity contribution is 6.32. The number of hydrogen-bond donors (Lipinski definition) is 1. The molecule has 36 heavy (non-hydrogen) atoms. The van der Waals surface area contributed by atoms with Crippen molar-refractivity contribution >= 4 is 41.1 Å². The van der Waals surface area contributed by atoms with Crippen LogP contribution >= 0.6 is 11.6 Å². The quantitative estimate of drug-likeness (QED) is 0.627. The van der Waals surface area contributed by atoms with Crippen molar-refractivity contribution in [1.29, 1.82) is 0 Å². The molecule has 192 valence electrons. The van der Waals surface area contributed by atoms with Crippen LogP contribution in [0.1, 0.15) is 38.4 Å². The van der Waals surface area contributed by atoms with E-state index in [9.17, 15) is 14.4 Å². The zero-order valence-electron chi connectivity index (χ0n) is 21.0. The molecule has 0 saturated carbocycles. The van der Waals surface area contributed by atoms with Crippen molar-refractivity contribution in [1.82, 2.24) is 19.8 Å². The average Bonchev–Trinajstić information content (AvgIpc) is 2.80. The minimum Gasteiger partial charge on any atom is -0.444 e. The minimum absolute atomic E-state index is 0.0792. The molecule has 0 unspecified atom stereocenters. The Labute approximate surface area is 215 Å². The summed E-state index contributed by atoms with van der Waals surface area (Å²) in [6.45, 7) is 6.53. The fourth-order valence-electron chi connectivity index (χ4n) is 3.24. The summed E-state index contributed by atoms with van der Waals surface area (Å²) in [6.07, 6.45) is 4.73. The van der Waals surface area contributed by atoms with Crippen LogP contribution in [0.25, 0.3) is 5.57 Å². The lowest BCUT2D eigenvalue weighted by Gasteiger charge is -2.29. The van der Waals surface area contributed by atoms with Gasteiger partial charge in [-0.05, 0) is 44.4 Å². The molecular formula is C25H30ClN5O5. The van der Waals surface area contributed by atoms with Crippen LogP contribution in [0, 0.1) is 0 Å². The standard InChI is InChI=1S/C25H30ClN5O5/c1-25(2,3)36-24(34)31-10-8-17(9-11-31)19-7-6-16(14-27-19)12-22(32)29-21-13-20(18(26)15-28-21)35-23(33)30(4)5/h6-8,13-15H,9-12H2,1-5H3,(H,28,29,32). The molecule has 0 atom stereocenters. The normalized spacial score (nSPS) is 13.5. The minimum atomic E-state index is -0.600. The molecule has 10 nitrogen and oxygen atoms in total. The molecular weight excluding hydrogens is 486 g/mol. The largest absolute Gasteiger partial charge is 0.444 e. The first-order valence-corrected chi connectivity index (χ1v) is 11.8. The number of nitrogens with zero attached hydrogens (tertiary/aromatic N) is 4. The van der Waals surface area contributed by atoms with Gasteiger partial charge in [0.25, 0.3) is 0 Å². The number of amides is 3. The van der Waals surface area contributed by atoms with Crippen LogP contribution in [0.2, 0.25) is 5.02 Å². The average molecular weight is 516 g/mol. The second-order valence-electron chi connectivity index (χ2n) is 9.44. The van der Waals surface area contributed by atoms with Crippen molar-refractivity contribution in [3.8, 4) is 5.75 Å². The Hall–Kier alpha value is -3.66. The van der Waals surface area contributed by atoms with Gasteiger partial charge in [-0.1, -0.05) is 23.7 Å². The highest BCUT2D eigenvalue weighted by atomic mass is 35.5. The Morgan fingerprint density at radius 2 is 1.92 bits per heavy atom. The topological polar surface area (TPSA) is 114 Å². The summed E-state index contributed by atoms with van der Waals surface area (Å²) in [4.78, 5) is 48.0. The molecule has 0 aliphatic carbocycles. The Morgan fingerprint density at radius 3 is 2.50 bits per heavy atom. The fourth-order valence-corrected chi connectivity index (χ4v) is 3.38. The summed E-state index contributed by atoms with van der Waals surface area (Å²) < 4.78 is 10.6. The van der Waals surface area contributed by atoms with E-state index in [0.717, 1.165) is 16.8 Å². The van der Waals surface area contributed by atoms with Gasteiger partial charge in [-0.25, -0.2) is 14.6 Å². The molecule has 3 heterocycles. The van der Waals surface area contributed by atoms with E-state index in [2.05, 4.69) is 15.3 Å². The number of hydrogen-bond acceptors (Lipinski definition) is 7. The van der Waals surface area contributed by atoms with E-state index >= 15 is 0 Å². The van der Waals surface area contributed by atoms with Crippen molar-refractivity contribution in [3.63, 3.8) is 0 Å². The highest BCUT2D eigenvalue weighted by Gasteiger charge is 2.24. The molecule has 1 aliphatic rings. The number of rotatable bonds is 5. The number of halogens is 1. The fraction of sp³-hybridized carbons (Fsp3) is 0.400. The number of carbonyl (C=O) groups is 3. The summed E-state index contributed by atoms with van der Waals surface area (Å²) in [6, 6.07) is 5.08. The zero-order chi connectivity index (χ0) is 26.5. The van der Waals surface area contributed by atoms with Crippen LogP contribution in [-0.2, 0) is 16.0 Å². The number of ether oxygens (including phenoxy) is 2. The molecule has 2 aromatic rings. The SMILES string of the molecule is CN(C)C(=O)Oc1cc(NC(=O)Cc2ccc(C3=CCN(C(=O)OC(C)(C)C)CC3)nc2)ncc1Cl. The molecule has 0 spiro atoms. The molecule has 0 fully saturated rings. The second kappa shape index (κ2) is 11.4. The van der Waals surface area contributed by atoms with Gasteiger partial charge in [0, 0.05) is 39.4 Å². The Bertz CT molecular complexity index is 1160. The predicted molar refractivity (Wildman–Crippen MR) is 136 cm³/mol. The van der Waals surface area contributed by atoms with Gasteiger partial charge in [-0.3, -0.25) is 9.78 Å². The molecule has 11 heteroatoms. The monoisotopic (exact) mass is 515 g/mol. The van der Waals surface area contributed by atoms with E-state index < -0.39 is 11.7 Å². The second-order valence-corrected chi connectivity index (χ2v) is 9.85. The van der Waals surface area contributed by atoms with Crippen LogP contribution < -0.4 is 10.1 Å². The van der Waals surface area contributed by atoms with Crippen molar-refractivity contribution < 1.29 is 23.9 Å². The highest BCUT2D eigenvalue weighted by Crippen LogP contribution is 2.27. The van der Waals surface area contributed by atoms with E-state index in [1.165, 1.54) is 17.2 Å². The van der Waals surface area contributed by atoms with Crippen molar-refractivity contribution in [3.05, 3.63) is 52.9 Å². The first-order valence-electron chi connectivity index (χ1n) is 11.4. The molecule has 0 radical (unpaired) electrons. The maximum absolute atomic E-state index is 12.5. The third-order valence-electron chi connectivity index (χ3n) is 5.03. The maximum Gasteiger partial charge on any atom is 0.414 e. The summed E-state index contributed by atoms with van der Waals surface area (Å²) in [5, 5.41) is 2.82. The van der Waals surface area contributed by atoms with E-state index in [1.54, 1.807) is 25.2 Å². The molecule has 3 rings (SSSR count). The summed E-state index contributed by atoms with van der Waals surface area (Å²) in [7, 11) is 3.09. The number of nitrogens with one attached hydrogen (secondary N) is 1. The molecule has 0 saturated heterocycles. The molecule has 1 aliphatic heterocycles. The van der Waals surface area contributed by atoms with Crippen LogP contribution in [-0.4, -0.2) is 70.6 Å². The number of aromatic nitrogens is 2. The van der Waals surface area contributed by atoms with Crippen LogP contribution in [0.5, 0.6) is 5.75 Å². The predicted octanol–water partition coefficient (Wildman–Crippen LogP) is 4.40. The van der Waals surface area contributed by atoms with Gasteiger partial charge < -0.3 is 24.6 Å². The van der Waals surface area contributed by atoms with E-state index in [1.807, 2.05) is 39.0 Å². The van der Waals surface area contributed by atoms with Crippen molar-refractivity contribution in [2.45, 2.75) is 39.2 Å². The van der Waals surface area contributed by atoms with Gasteiger partial charge in [-0.2, -0.15) is 0 Å². The lowest BCUT2D eigenvalue weighted by atomic mass is 10.0. The van der Waals surface area contributed by atoms with Gasteiger partial charge in [0.2, 0.25) is 5.91 Å². The Kier molecular flexibility index (Phi) is 8.52. The summed E-state index contributed by atoms with van der Waals surface area (Å²) >= 11 is 6.03. The third kappa shape index (κ3) is 7.67. The number of carbonyl (C=O) groups excluding carboxylic acids is 3. The van der Waals surface area contributed by atoms with Crippen LogP contribution in [0.3, 0.4) is 0 Å². The van der Waals surface area contributed by atoms with Crippen LogP contribution in [0.15, 0.2) is 36.7 Å². The van der Waals surface area contributed by atoms with E-state index in [-0.39, 0.29) is 35.0 Å². The first kappa shape index (κ1) is 26.9. The lowest BCUT2D eigenvalue weighted by Crippen LogP contribution is -2.39. The molecule has 1 N–H and O–H groups in total. The zero-order valence-corrected chi connectivity index (χ0v) is 21.8. The van der Waals surface area contributed by atoms with E-state index in [0.29, 0.717) is 19.5 Å². The van der Waals surface area contributed by atoms with Gasteiger partial charge >= 0.3 is 12.2 Å². The van der Waals surface area contributed by atoms with Gasteiger partial charge in [0.15, 0.2) is 5.75 Å². The number of pyridine rings is 2. The first-order chi connectivity index (χ1) is 16.9. The summed E-state index contributed by atoms with van der Waals surface area (Å²) in [5.41, 5.74) is 2.03. The lowest BCUT2D eigenvalue weighted by molar-refractivity contribution is -0.115. The molecule has 2 aromatic heterocycles. The van der Waals surface area contributed by atoms with Gasteiger partial charge in [-0.15, -0.1) is 0 Å². The van der Waals surface area contributed by atoms with Gasteiger partial charge in [0.1, 0.15) is 16.4 Å². The third-order valence-corrected chi connectivity index (χ3v) is 5.31. The smallest absolute Gasteiger partial charge is 0.414 e. The van der Waals surface area contributed by atoms with Crippen LogP contribution in [0.4, 0.5) is 15.4 Å². The Balaban J connectivity index is 1.56. The van der Waals surface area contributed by atoms with Gasteiger partial charge in [0.05, 0.1) is 18.3 Å². The summed E-state index contributed by atoms with van der Waals surface area (Å²) in [5.74, 6) is -0.00995. The molecule has 0 bridgehead atoms. The number of anilines is 1. The maximum atomic E-state index is 12.5. The van der Waals surface area contributed by atoms with E-state index in [4.69, 9.17) is 21.1 Å². The molecule has 3 amide bonds. The van der Waals surface area contributed by atoms with Crippen molar-refractivity contribution in [2.24, 2.45) is 0 Å². The van der Waals surface area contributed by atoms with Crippen molar-refractivity contribution in [2.75, 3.05) is 32.5 Å².